The highest BCUT2D eigenvalue weighted by atomic mass is 16.5. The third-order valence-electron chi connectivity index (χ3n) is 4.74. The van der Waals surface area contributed by atoms with Crippen LogP contribution in [-0.2, 0) is 9.53 Å². The van der Waals surface area contributed by atoms with E-state index in [1.165, 1.54) is 37.0 Å². The molecule has 0 spiro atoms. The quantitative estimate of drug-likeness (QED) is 0.404. The molecule has 0 aliphatic rings. The summed E-state index contributed by atoms with van der Waals surface area (Å²) in [4.78, 5) is 26.1. The van der Waals surface area contributed by atoms with E-state index in [1.807, 2.05) is 36.4 Å². The Labute approximate surface area is 162 Å². The molecule has 2 rings (SSSR count). The van der Waals surface area contributed by atoms with Crippen molar-refractivity contribution in [3.8, 4) is 0 Å². The van der Waals surface area contributed by atoms with Crippen LogP contribution in [0.15, 0.2) is 42.5 Å². The summed E-state index contributed by atoms with van der Waals surface area (Å²) in [5.74, 6) is -0.517. The minimum atomic E-state index is -0.350. The van der Waals surface area contributed by atoms with Gasteiger partial charge in [0.2, 0.25) is 0 Å². The van der Waals surface area contributed by atoms with E-state index in [0.29, 0.717) is 12.2 Å². The second kappa shape index (κ2) is 11.4. The number of rotatable bonds is 11. The molecule has 2 aromatic rings. The molecule has 0 saturated carbocycles. The molecule has 146 valence electrons. The molecule has 0 atom stereocenters. The van der Waals surface area contributed by atoms with Crippen molar-refractivity contribution in [2.45, 2.75) is 51.9 Å². The van der Waals surface area contributed by atoms with Crippen molar-refractivity contribution in [1.82, 2.24) is 4.90 Å². The zero-order valence-corrected chi connectivity index (χ0v) is 16.6. The average Bonchev–Trinajstić information content (AvgIpc) is 2.69. The number of amides is 1. The zero-order valence-electron chi connectivity index (χ0n) is 16.6. The molecular weight excluding hydrogens is 338 g/mol. The van der Waals surface area contributed by atoms with Crippen molar-refractivity contribution in [3.05, 3.63) is 48.0 Å². The molecule has 0 unspecified atom stereocenters. The maximum absolute atomic E-state index is 12.7. The van der Waals surface area contributed by atoms with Gasteiger partial charge in [-0.15, -0.1) is 0 Å². The van der Waals surface area contributed by atoms with Crippen LogP contribution >= 0.6 is 0 Å². The molecule has 4 heteroatoms. The monoisotopic (exact) mass is 369 g/mol. The Morgan fingerprint density at radius 1 is 0.889 bits per heavy atom. The average molecular weight is 370 g/mol. The number of likely N-dealkylation sites (N-methyl/N-ethyl adjacent to an activating group) is 1. The first-order valence-electron chi connectivity index (χ1n) is 10.0. The van der Waals surface area contributed by atoms with Crippen molar-refractivity contribution < 1.29 is 14.3 Å². The summed E-state index contributed by atoms with van der Waals surface area (Å²) in [6.45, 7) is 2.61. The molecule has 0 fully saturated rings. The Morgan fingerprint density at radius 2 is 1.56 bits per heavy atom. The molecule has 0 bridgehead atoms. The Kier molecular flexibility index (Phi) is 8.82. The number of esters is 1. The lowest BCUT2D eigenvalue weighted by Crippen LogP contribution is -2.33. The molecule has 0 saturated heterocycles. The lowest BCUT2D eigenvalue weighted by molar-refractivity contribution is -0.144. The van der Waals surface area contributed by atoms with Gasteiger partial charge in [-0.25, -0.2) is 0 Å². The van der Waals surface area contributed by atoms with E-state index in [0.717, 1.165) is 23.6 Å². The van der Waals surface area contributed by atoms with E-state index < -0.39 is 0 Å². The maximum atomic E-state index is 12.7. The topological polar surface area (TPSA) is 46.6 Å². The smallest absolute Gasteiger partial charge is 0.325 e. The number of ether oxygens (including phenoxy) is 1. The standard InChI is InChI=1S/C23H31NO3/c1-3-4-5-6-7-8-11-17-27-22(25)18-24(2)23(26)21-16-12-14-19-13-9-10-15-20(19)21/h9-10,12-16H,3-8,11,17-18H2,1-2H3. The lowest BCUT2D eigenvalue weighted by Gasteiger charge is -2.17. The van der Waals surface area contributed by atoms with E-state index in [1.54, 1.807) is 13.1 Å². The molecule has 0 aliphatic carbocycles. The van der Waals surface area contributed by atoms with Crippen molar-refractivity contribution in [1.29, 1.82) is 0 Å². The van der Waals surface area contributed by atoms with E-state index in [-0.39, 0.29) is 18.4 Å². The summed E-state index contributed by atoms with van der Waals surface area (Å²) in [5.41, 5.74) is 0.607. The van der Waals surface area contributed by atoms with Crippen LogP contribution in [0.2, 0.25) is 0 Å². The van der Waals surface area contributed by atoms with Crippen LogP contribution in [0.1, 0.15) is 62.2 Å². The molecule has 0 aliphatic heterocycles. The van der Waals surface area contributed by atoms with Gasteiger partial charge in [-0.1, -0.05) is 81.8 Å². The summed E-state index contributed by atoms with van der Waals surface area (Å²) in [7, 11) is 1.64. The van der Waals surface area contributed by atoms with Gasteiger partial charge in [-0.05, 0) is 23.3 Å². The number of carbonyl (C=O) groups is 2. The van der Waals surface area contributed by atoms with Crippen LogP contribution in [0.25, 0.3) is 10.8 Å². The first-order valence-corrected chi connectivity index (χ1v) is 10.0. The Balaban J connectivity index is 1.75. The van der Waals surface area contributed by atoms with Gasteiger partial charge in [0.1, 0.15) is 6.54 Å². The molecule has 0 N–H and O–H groups in total. The number of fused-ring (bicyclic) bond motifs is 1. The fourth-order valence-corrected chi connectivity index (χ4v) is 3.17. The minimum absolute atomic E-state index is 0.0292. The second-order valence-electron chi connectivity index (χ2n) is 7.03. The highest BCUT2D eigenvalue weighted by Crippen LogP contribution is 2.19. The predicted octanol–water partition coefficient (Wildman–Crippen LogP) is 5.21. The zero-order chi connectivity index (χ0) is 19.5. The van der Waals surface area contributed by atoms with E-state index in [2.05, 4.69) is 6.92 Å². The Morgan fingerprint density at radius 3 is 2.33 bits per heavy atom. The predicted molar refractivity (Wildman–Crippen MR) is 110 cm³/mol. The third kappa shape index (κ3) is 6.70. The fourth-order valence-electron chi connectivity index (χ4n) is 3.17. The highest BCUT2D eigenvalue weighted by Gasteiger charge is 2.17. The number of carbonyl (C=O) groups excluding carboxylic acids is 2. The first kappa shape index (κ1) is 20.9. The molecule has 0 aromatic heterocycles. The van der Waals surface area contributed by atoms with Gasteiger partial charge in [0.25, 0.3) is 5.91 Å². The second-order valence-corrected chi connectivity index (χ2v) is 7.03. The lowest BCUT2D eigenvalue weighted by atomic mass is 10.0. The van der Waals surface area contributed by atoms with Crippen LogP contribution < -0.4 is 0 Å². The number of hydrogen-bond acceptors (Lipinski definition) is 3. The Bertz CT molecular complexity index is 736. The molecule has 0 heterocycles. The van der Waals surface area contributed by atoms with E-state index in [4.69, 9.17) is 4.74 Å². The van der Waals surface area contributed by atoms with Crippen LogP contribution in [-0.4, -0.2) is 37.0 Å². The van der Waals surface area contributed by atoms with Crippen LogP contribution in [0.5, 0.6) is 0 Å². The van der Waals surface area contributed by atoms with Crippen molar-refractivity contribution >= 4 is 22.6 Å². The fraction of sp³-hybridized carbons (Fsp3) is 0.478. The van der Waals surface area contributed by atoms with Crippen molar-refractivity contribution in [2.75, 3.05) is 20.2 Å². The van der Waals surface area contributed by atoms with Crippen molar-refractivity contribution in [3.63, 3.8) is 0 Å². The molecule has 4 nitrogen and oxygen atoms in total. The minimum Gasteiger partial charge on any atom is -0.464 e. The van der Waals surface area contributed by atoms with Gasteiger partial charge >= 0.3 is 5.97 Å². The summed E-state index contributed by atoms with van der Waals surface area (Å²) in [6, 6.07) is 13.4. The molecule has 27 heavy (non-hydrogen) atoms. The molecule has 1 amide bonds. The number of nitrogens with zero attached hydrogens (tertiary/aromatic N) is 1. The van der Waals surface area contributed by atoms with Gasteiger partial charge < -0.3 is 9.64 Å². The SMILES string of the molecule is CCCCCCCCCOC(=O)CN(C)C(=O)c1cccc2ccccc12. The van der Waals surface area contributed by atoms with Crippen LogP contribution in [0, 0.1) is 0 Å². The van der Waals surface area contributed by atoms with Crippen LogP contribution in [0.4, 0.5) is 0 Å². The molecule has 0 radical (unpaired) electrons. The van der Waals surface area contributed by atoms with Crippen molar-refractivity contribution in [2.24, 2.45) is 0 Å². The van der Waals surface area contributed by atoms with Crippen LogP contribution in [0.3, 0.4) is 0 Å². The maximum Gasteiger partial charge on any atom is 0.325 e. The summed E-state index contributed by atoms with van der Waals surface area (Å²) in [5, 5.41) is 1.91. The van der Waals surface area contributed by atoms with Gasteiger partial charge in [0.05, 0.1) is 6.61 Å². The number of unbranched alkanes of at least 4 members (excludes halogenated alkanes) is 6. The van der Waals surface area contributed by atoms with Gasteiger partial charge in [-0.3, -0.25) is 9.59 Å². The molecular formula is C23H31NO3. The summed E-state index contributed by atoms with van der Waals surface area (Å²) >= 11 is 0. The highest BCUT2D eigenvalue weighted by molar-refractivity contribution is 6.07. The van der Waals surface area contributed by atoms with E-state index in [9.17, 15) is 9.59 Å². The first-order chi connectivity index (χ1) is 13.1. The largest absolute Gasteiger partial charge is 0.464 e. The Hall–Kier alpha value is -2.36. The van der Waals surface area contributed by atoms with Gasteiger partial charge in [-0.2, -0.15) is 0 Å². The summed E-state index contributed by atoms with van der Waals surface area (Å²) < 4.78 is 5.28. The normalized spacial score (nSPS) is 10.7. The summed E-state index contributed by atoms with van der Waals surface area (Å²) in [6.07, 6.45) is 8.26. The third-order valence-corrected chi connectivity index (χ3v) is 4.74. The number of benzene rings is 2. The van der Waals surface area contributed by atoms with Gasteiger partial charge in [0, 0.05) is 12.6 Å². The van der Waals surface area contributed by atoms with Gasteiger partial charge in [0.15, 0.2) is 0 Å². The molecule has 2 aromatic carbocycles. The number of hydrogen-bond donors (Lipinski definition) is 0. The van der Waals surface area contributed by atoms with E-state index >= 15 is 0 Å².